The van der Waals surface area contributed by atoms with Crippen LogP contribution in [0.15, 0.2) is 17.0 Å². The fourth-order valence-electron chi connectivity index (χ4n) is 2.34. The highest BCUT2D eigenvalue weighted by Crippen LogP contribution is 2.34. The molecule has 1 aliphatic rings. The molecular formula is C11H12BrN5O2. The van der Waals surface area contributed by atoms with Crippen LogP contribution in [0.5, 0.6) is 0 Å². The number of imidazole rings is 1. The smallest absolute Gasteiger partial charge is 0.407 e. The molecule has 0 aliphatic carbocycles. The molecule has 3 rings (SSSR count). The number of amides is 1. The maximum absolute atomic E-state index is 11.3. The lowest BCUT2D eigenvalue weighted by atomic mass is 10.2. The van der Waals surface area contributed by atoms with Crippen LogP contribution in [0, 0.1) is 0 Å². The summed E-state index contributed by atoms with van der Waals surface area (Å²) in [6, 6.07) is -1.41. The van der Waals surface area contributed by atoms with E-state index in [9.17, 15) is 9.90 Å². The molecule has 1 aliphatic heterocycles. The number of hydrogen-bond acceptors (Lipinski definition) is 4. The molecule has 3 N–H and O–H groups in total. The van der Waals surface area contributed by atoms with Gasteiger partial charge in [0.25, 0.3) is 0 Å². The summed E-state index contributed by atoms with van der Waals surface area (Å²) >= 11 is 3.30. The molecule has 0 saturated carbocycles. The van der Waals surface area contributed by atoms with Crippen molar-refractivity contribution in [3.63, 3.8) is 0 Å². The van der Waals surface area contributed by atoms with Crippen LogP contribution in [0.4, 0.5) is 10.6 Å². The van der Waals surface area contributed by atoms with Gasteiger partial charge < -0.3 is 10.8 Å². The molecule has 1 amide bonds. The van der Waals surface area contributed by atoms with Crippen LogP contribution in [0.25, 0.3) is 5.52 Å². The zero-order valence-electron chi connectivity index (χ0n) is 10.9. The van der Waals surface area contributed by atoms with Gasteiger partial charge in [0.15, 0.2) is 5.82 Å². The number of nitrogen functional groups attached to an aromatic ring is 1. The van der Waals surface area contributed by atoms with E-state index in [1.165, 1.54) is 6.20 Å². The lowest BCUT2D eigenvalue weighted by molar-refractivity contribution is 0.138. The Labute approximate surface area is 118 Å². The molecule has 8 heteroatoms. The summed E-state index contributed by atoms with van der Waals surface area (Å²) in [5.74, 6) is 0.606. The monoisotopic (exact) mass is 326 g/mol. The van der Waals surface area contributed by atoms with Crippen molar-refractivity contribution in [1.29, 1.82) is 0 Å². The number of carboxylic acid groups (broad SMARTS) is 1. The molecular weight excluding hydrogens is 314 g/mol. The van der Waals surface area contributed by atoms with Crippen molar-refractivity contribution in [2.24, 2.45) is 0 Å². The van der Waals surface area contributed by atoms with Crippen LogP contribution in [0.1, 0.15) is 26.1 Å². The number of nitrogens with zero attached hydrogens (tertiary/aromatic N) is 4. The third kappa shape index (κ3) is 1.83. The van der Waals surface area contributed by atoms with Crippen LogP contribution in [0.3, 0.4) is 0 Å². The topological polar surface area (TPSA) is 96.8 Å². The van der Waals surface area contributed by atoms with E-state index in [4.69, 9.17) is 7.10 Å². The first-order chi connectivity index (χ1) is 9.45. The third-order valence-corrected chi connectivity index (χ3v) is 3.70. The first kappa shape index (κ1) is 11.0. The zero-order valence-corrected chi connectivity index (χ0v) is 11.5. The van der Waals surface area contributed by atoms with Crippen LogP contribution in [-0.4, -0.2) is 37.0 Å². The van der Waals surface area contributed by atoms with E-state index in [0.717, 1.165) is 4.90 Å². The molecule has 0 aromatic carbocycles. The van der Waals surface area contributed by atoms with Gasteiger partial charge in [-0.15, -0.1) is 0 Å². The van der Waals surface area contributed by atoms with Crippen molar-refractivity contribution >= 4 is 33.4 Å². The highest BCUT2D eigenvalue weighted by atomic mass is 79.9. The molecule has 0 bridgehead atoms. The zero-order chi connectivity index (χ0) is 14.5. The molecule has 2 aromatic heterocycles. The fourth-order valence-corrected chi connectivity index (χ4v) is 2.90. The van der Waals surface area contributed by atoms with Gasteiger partial charge in [-0.05, 0) is 28.8 Å². The Bertz CT molecular complexity index is 705. The first-order valence-corrected chi connectivity index (χ1v) is 6.53. The molecule has 1 fully saturated rings. The van der Waals surface area contributed by atoms with Gasteiger partial charge in [0.2, 0.25) is 0 Å². The first-order valence-electron chi connectivity index (χ1n) is 6.24. The molecule has 2 aromatic rings. The van der Waals surface area contributed by atoms with E-state index in [1.54, 1.807) is 10.6 Å². The molecule has 3 heterocycles. The summed E-state index contributed by atoms with van der Waals surface area (Å²) < 4.78 is 10.6. The predicted molar refractivity (Wildman–Crippen MR) is 71.8 cm³/mol. The summed E-state index contributed by atoms with van der Waals surface area (Å²) in [5, 5.41) is 9.26. The standard InChI is InChI=1S/C11H12BrN5O2/c12-8-7-9(13)14-3-5-17(7)10(15-8)6-2-1-4-16(6)11(18)19/h3,5-6H,1-2,4H2,(H2,13,14)(H,18,19)/t6-/m0/s1/i6D. The number of fused-ring (bicyclic) bond motifs is 1. The van der Waals surface area contributed by atoms with Crippen LogP contribution in [-0.2, 0) is 0 Å². The van der Waals surface area contributed by atoms with Crippen molar-refractivity contribution < 1.29 is 11.3 Å². The van der Waals surface area contributed by atoms with Crippen molar-refractivity contribution in [1.82, 2.24) is 19.3 Å². The number of likely N-dealkylation sites (tertiary alicyclic amines) is 1. The SMILES string of the molecule is [2H][C@@]1(c2nc(Br)c3c(N)nccn23)CCCN1C(=O)O. The number of carbonyl (C=O) groups is 1. The predicted octanol–water partition coefficient (Wildman–Crippen LogP) is 1.89. The molecule has 19 heavy (non-hydrogen) atoms. The Balaban J connectivity index is 2.25. The van der Waals surface area contributed by atoms with Crippen molar-refractivity contribution in [2.75, 3.05) is 12.3 Å². The highest BCUT2D eigenvalue weighted by Gasteiger charge is 2.33. The minimum absolute atomic E-state index is 0.279. The largest absolute Gasteiger partial charge is 0.465 e. The Hall–Kier alpha value is -1.83. The maximum atomic E-state index is 11.3. The highest BCUT2D eigenvalue weighted by molar-refractivity contribution is 9.10. The van der Waals surface area contributed by atoms with Crippen molar-refractivity contribution in [3.05, 3.63) is 22.8 Å². The van der Waals surface area contributed by atoms with Gasteiger partial charge in [0.1, 0.15) is 15.9 Å². The Kier molecular flexibility index (Phi) is 2.54. The average molecular weight is 327 g/mol. The van der Waals surface area contributed by atoms with E-state index < -0.39 is 12.1 Å². The van der Waals surface area contributed by atoms with E-state index >= 15 is 0 Å². The van der Waals surface area contributed by atoms with Crippen molar-refractivity contribution in [3.8, 4) is 0 Å². The fraction of sp³-hybridized carbons (Fsp3) is 0.364. The number of halogens is 1. The lowest BCUT2D eigenvalue weighted by Gasteiger charge is -2.20. The van der Waals surface area contributed by atoms with Crippen LogP contribution < -0.4 is 5.73 Å². The minimum atomic E-state index is -1.41. The number of hydrogen-bond donors (Lipinski definition) is 2. The molecule has 1 atom stereocenters. The Morgan fingerprint density at radius 1 is 1.68 bits per heavy atom. The van der Waals surface area contributed by atoms with Gasteiger partial charge in [0.05, 0.1) is 7.39 Å². The van der Waals surface area contributed by atoms with E-state index in [0.29, 0.717) is 35.3 Å². The molecule has 0 spiro atoms. The van der Waals surface area contributed by atoms with Gasteiger partial charge >= 0.3 is 6.09 Å². The minimum Gasteiger partial charge on any atom is -0.465 e. The lowest BCUT2D eigenvalue weighted by Crippen LogP contribution is -2.29. The van der Waals surface area contributed by atoms with Crippen LogP contribution >= 0.6 is 15.9 Å². The second-order valence-corrected chi connectivity index (χ2v) is 4.99. The van der Waals surface area contributed by atoms with E-state index in [2.05, 4.69) is 25.9 Å². The van der Waals surface area contributed by atoms with Crippen LogP contribution in [0.2, 0.25) is 0 Å². The summed E-state index contributed by atoms with van der Waals surface area (Å²) in [6.45, 7) is 0.325. The normalized spacial score (nSPS) is 23.8. The summed E-state index contributed by atoms with van der Waals surface area (Å²) in [6.07, 6.45) is 3.04. The quantitative estimate of drug-likeness (QED) is 0.834. The number of aromatic nitrogens is 3. The summed E-state index contributed by atoms with van der Waals surface area (Å²) in [7, 11) is 0. The number of nitrogens with two attached hydrogens (primary N) is 1. The van der Waals surface area contributed by atoms with Crippen molar-refractivity contribution in [2.45, 2.75) is 18.9 Å². The number of rotatable bonds is 1. The molecule has 7 nitrogen and oxygen atoms in total. The molecule has 0 radical (unpaired) electrons. The molecule has 100 valence electrons. The third-order valence-electron chi connectivity index (χ3n) is 3.15. The van der Waals surface area contributed by atoms with Gasteiger partial charge in [-0.3, -0.25) is 9.30 Å². The van der Waals surface area contributed by atoms with Gasteiger partial charge in [-0.2, -0.15) is 0 Å². The average Bonchev–Trinajstić information content (AvgIpc) is 2.93. The number of anilines is 1. The molecule has 1 saturated heterocycles. The Morgan fingerprint density at radius 3 is 3.21 bits per heavy atom. The summed E-state index contributed by atoms with van der Waals surface area (Å²) in [4.78, 5) is 20.7. The van der Waals surface area contributed by atoms with E-state index in [1.807, 2.05) is 0 Å². The maximum Gasteiger partial charge on any atom is 0.407 e. The van der Waals surface area contributed by atoms with Gasteiger partial charge in [-0.1, -0.05) is 0 Å². The second-order valence-electron chi connectivity index (χ2n) is 4.24. The van der Waals surface area contributed by atoms with E-state index in [-0.39, 0.29) is 5.82 Å². The second kappa shape index (κ2) is 4.37. The van der Waals surface area contributed by atoms with Gasteiger partial charge in [-0.25, -0.2) is 14.8 Å². The van der Waals surface area contributed by atoms with Gasteiger partial charge in [0, 0.05) is 18.9 Å². The Morgan fingerprint density at radius 2 is 2.47 bits per heavy atom. The molecule has 0 unspecified atom stereocenters. The summed E-state index contributed by atoms with van der Waals surface area (Å²) in [5.41, 5.74) is 6.36.